The van der Waals surface area contributed by atoms with Crippen molar-refractivity contribution in [3.63, 3.8) is 0 Å². The summed E-state index contributed by atoms with van der Waals surface area (Å²) in [5.74, 6) is -1.64. The molecule has 6 rings (SSSR count). The minimum absolute atomic E-state index is 0.0728. The quantitative estimate of drug-likeness (QED) is 0.482. The number of benzene rings is 1. The predicted octanol–water partition coefficient (Wildman–Crippen LogP) is 4.89. The van der Waals surface area contributed by atoms with Gasteiger partial charge in [0.25, 0.3) is 0 Å². The zero-order chi connectivity index (χ0) is 29.4. The first kappa shape index (κ1) is 28.5. The van der Waals surface area contributed by atoms with Gasteiger partial charge in [-0.2, -0.15) is 0 Å². The van der Waals surface area contributed by atoms with E-state index in [1.54, 1.807) is 19.1 Å². The lowest BCUT2D eigenvalue weighted by atomic mass is 9.44. The number of hydrogen-bond donors (Lipinski definition) is 2. The fraction of sp³-hybridized carbons (Fsp3) is 0.625. The first-order chi connectivity index (χ1) is 19.4. The highest BCUT2D eigenvalue weighted by atomic mass is 19.1. The fourth-order valence-corrected chi connectivity index (χ4v) is 8.86. The molecule has 0 aromatic heterocycles. The Kier molecular flexibility index (Phi) is 6.75. The molecule has 0 radical (unpaired) electrons. The van der Waals surface area contributed by atoms with Crippen molar-refractivity contribution in [2.75, 3.05) is 19.0 Å². The summed E-state index contributed by atoms with van der Waals surface area (Å²) in [6.45, 7) is 5.14. The summed E-state index contributed by atoms with van der Waals surface area (Å²) >= 11 is 0. The molecule has 1 aliphatic heterocycles. The number of aliphatic hydroxyl groups excluding tert-OH is 1. The number of nitrogens with one attached hydrogen (secondary N) is 1. The molecule has 1 aromatic rings. The molecule has 0 amide bonds. The number of allylic oxidation sites excluding steroid dienone is 4. The number of hydrogen-bond acceptors (Lipinski definition) is 7. The molecule has 2 N–H and O–H groups in total. The van der Waals surface area contributed by atoms with Gasteiger partial charge >= 0.3 is 0 Å². The largest absolute Gasteiger partial charge is 0.486 e. The summed E-state index contributed by atoms with van der Waals surface area (Å²) in [6.07, 6.45) is 0.863. The van der Waals surface area contributed by atoms with Crippen LogP contribution >= 0.6 is 0 Å². The first-order valence-electron chi connectivity index (χ1n) is 14.7. The number of ether oxygens (including phenoxy) is 3. The summed E-state index contributed by atoms with van der Waals surface area (Å²) in [4.78, 5) is 26.4. The van der Waals surface area contributed by atoms with Crippen LogP contribution in [0.1, 0.15) is 52.9 Å². The average Bonchev–Trinajstić information content (AvgIpc) is 3.43. The predicted molar refractivity (Wildman–Crippen MR) is 148 cm³/mol. The van der Waals surface area contributed by atoms with Crippen LogP contribution in [0.2, 0.25) is 0 Å². The number of halogens is 2. The molecular formula is C32H39F2NO6. The van der Waals surface area contributed by atoms with Crippen molar-refractivity contribution in [3.05, 3.63) is 48.1 Å². The Morgan fingerprint density at radius 3 is 2.61 bits per heavy atom. The van der Waals surface area contributed by atoms with Gasteiger partial charge in [-0.3, -0.25) is 9.59 Å². The maximum Gasteiger partial charge on any atom is 0.205 e. The number of fused-ring (bicyclic) bond motifs is 7. The SMILES string of the molecule is CCC[C@@H]1O[C@@H]2C[C@H]3[C@@H]4C[C@H](F)C5=CC(=O)C=C[C@]5(C)[C@@]4(F)[C@@H](O)C[C@]3(C)[C@]2(C(=O)COc2ccc(NC)cc2)O1. The molecule has 1 saturated heterocycles. The van der Waals surface area contributed by atoms with Gasteiger partial charge in [0, 0.05) is 29.5 Å². The van der Waals surface area contributed by atoms with E-state index < -0.39 is 58.6 Å². The molecule has 9 heteroatoms. The summed E-state index contributed by atoms with van der Waals surface area (Å²) in [5.41, 5.74) is -5.28. The lowest BCUT2D eigenvalue weighted by molar-refractivity contribution is -0.234. The molecule has 222 valence electrons. The maximum atomic E-state index is 17.6. The normalized spacial score (nSPS) is 44.4. The zero-order valence-electron chi connectivity index (χ0n) is 24.0. The number of aliphatic hydroxyl groups is 1. The van der Waals surface area contributed by atoms with Crippen molar-refractivity contribution in [1.82, 2.24) is 0 Å². The minimum atomic E-state index is -2.24. The highest BCUT2D eigenvalue weighted by molar-refractivity contribution is 6.01. The van der Waals surface area contributed by atoms with E-state index in [1.807, 2.05) is 33.0 Å². The summed E-state index contributed by atoms with van der Waals surface area (Å²) in [7, 11) is 1.81. The third-order valence-corrected chi connectivity index (χ3v) is 10.9. The Bertz CT molecular complexity index is 1300. The molecule has 1 heterocycles. The van der Waals surface area contributed by atoms with E-state index in [2.05, 4.69) is 5.32 Å². The van der Waals surface area contributed by atoms with E-state index in [1.165, 1.54) is 18.2 Å². The van der Waals surface area contributed by atoms with Gasteiger partial charge in [0.1, 0.15) is 18.5 Å². The number of carbonyl (C=O) groups is 2. The third kappa shape index (κ3) is 3.77. The van der Waals surface area contributed by atoms with Gasteiger partial charge in [0.2, 0.25) is 5.78 Å². The highest BCUT2D eigenvalue weighted by Crippen LogP contribution is 2.72. The van der Waals surface area contributed by atoms with Gasteiger partial charge in [0.15, 0.2) is 23.3 Å². The van der Waals surface area contributed by atoms with Crippen molar-refractivity contribution in [2.24, 2.45) is 22.7 Å². The second-order valence-electron chi connectivity index (χ2n) is 12.8. The van der Waals surface area contributed by atoms with Gasteiger partial charge in [-0.15, -0.1) is 0 Å². The monoisotopic (exact) mass is 571 g/mol. The van der Waals surface area contributed by atoms with E-state index in [4.69, 9.17) is 14.2 Å². The summed E-state index contributed by atoms with van der Waals surface area (Å²) in [6, 6.07) is 7.20. The van der Waals surface area contributed by atoms with E-state index in [-0.39, 0.29) is 36.6 Å². The van der Waals surface area contributed by atoms with Crippen LogP contribution in [0.15, 0.2) is 48.1 Å². The molecule has 3 saturated carbocycles. The third-order valence-electron chi connectivity index (χ3n) is 10.9. The van der Waals surface area contributed by atoms with Crippen LogP contribution in [0.4, 0.5) is 14.5 Å². The van der Waals surface area contributed by atoms with Gasteiger partial charge < -0.3 is 24.6 Å². The molecule has 4 aliphatic carbocycles. The molecule has 0 bridgehead atoms. The number of ketones is 2. The lowest BCUT2D eigenvalue weighted by Crippen LogP contribution is -2.71. The Labute approximate surface area is 239 Å². The Morgan fingerprint density at radius 2 is 1.93 bits per heavy atom. The Hall–Kier alpha value is -2.62. The number of alkyl halides is 2. The van der Waals surface area contributed by atoms with Crippen LogP contribution in [0, 0.1) is 22.7 Å². The van der Waals surface area contributed by atoms with Gasteiger partial charge in [-0.1, -0.05) is 26.3 Å². The van der Waals surface area contributed by atoms with Crippen LogP contribution in [0.3, 0.4) is 0 Å². The van der Waals surface area contributed by atoms with Crippen molar-refractivity contribution >= 4 is 17.3 Å². The van der Waals surface area contributed by atoms with Crippen molar-refractivity contribution in [2.45, 2.75) is 88.8 Å². The van der Waals surface area contributed by atoms with Gasteiger partial charge in [-0.25, -0.2) is 8.78 Å². The Morgan fingerprint density at radius 1 is 1.20 bits per heavy atom. The second kappa shape index (κ2) is 9.71. The molecule has 5 aliphatic rings. The van der Waals surface area contributed by atoms with E-state index in [0.29, 0.717) is 18.6 Å². The number of rotatable bonds is 7. The fourth-order valence-electron chi connectivity index (χ4n) is 8.86. The van der Waals surface area contributed by atoms with E-state index >= 15 is 8.78 Å². The second-order valence-corrected chi connectivity index (χ2v) is 12.8. The molecule has 1 aromatic carbocycles. The standard InChI is InChI=1S/C32H39F2NO6/c1-5-6-28-40-27-15-21-22-14-24(33)23-13-19(36)11-12-29(23,2)31(22,34)25(37)16-30(21,3)32(27,41-28)26(38)17-39-20-9-7-18(35-4)8-10-20/h7-13,21-22,24-25,27-28,35,37H,5-6,14-17H2,1-4H3/t21-,22-,24-,25-,27+,28+,29-,30-,31-,32+/m0/s1. The van der Waals surface area contributed by atoms with Crippen LogP contribution in [-0.4, -0.2) is 66.3 Å². The topological polar surface area (TPSA) is 94.1 Å². The molecular weight excluding hydrogens is 532 g/mol. The number of Topliss-reactive ketones (excluding diaryl/α,β-unsaturated/α-hetero) is 1. The molecule has 0 spiro atoms. The molecule has 10 atom stereocenters. The molecule has 7 nitrogen and oxygen atoms in total. The van der Waals surface area contributed by atoms with Crippen molar-refractivity contribution < 1.29 is 37.7 Å². The molecule has 0 unspecified atom stereocenters. The Balaban J connectivity index is 1.37. The van der Waals surface area contributed by atoms with Crippen molar-refractivity contribution in [1.29, 1.82) is 0 Å². The number of carbonyl (C=O) groups excluding carboxylic acids is 2. The average molecular weight is 572 g/mol. The smallest absolute Gasteiger partial charge is 0.205 e. The van der Waals surface area contributed by atoms with Crippen LogP contribution in [0.25, 0.3) is 0 Å². The maximum absolute atomic E-state index is 17.6. The van der Waals surface area contributed by atoms with Crippen LogP contribution in [-0.2, 0) is 19.1 Å². The zero-order valence-corrected chi connectivity index (χ0v) is 24.0. The molecule has 41 heavy (non-hydrogen) atoms. The van der Waals surface area contributed by atoms with E-state index in [0.717, 1.165) is 12.1 Å². The van der Waals surface area contributed by atoms with Crippen LogP contribution in [0.5, 0.6) is 5.75 Å². The van der Waals surface area contributed by atoms with Crippen molar-refractivity contribution in [3.8, 4) is 5.75 Å². The molecule has 4 fully saturated rings. The number of anilines is 1. The lowest BCUT2D eigenvalue weighted by Gasteiger charge is -2.63. The van der Waals surface area contributed by atoms with Gasteiger partial charge in [-0.05, 0) is 80.5 Å². The minimum Gasteiger partial charge on any atom is -0.486 e. The van der Waals surface area contributed by atoms with Gasteiger partial charge in [0.05, 0.1) is 12.2 Å². The summed E-state index contributed by atoms with van der Waals surface area (Å²) in [5, 5.41) is 14.7. The van der Waals surface area contributed by atoms with E-state index in [9.17, 15) is 14.7 Å². The first-order valence-corrected chi connectivity index (χ1v) is 14.7. The summed E-state index contributed by atoms with van der Waals surface area (Å²) < 4.78 is 52.1. The van der Waals surface area contributed by atoms with Crippen LogP contribution < -0.4 is 10.1 Å². The highest BCUT2D eigenvalue weighted by Gasteiger charge is 2.80.